The standard InChI is InChI=1S/C16H27N3O2S.HI/c1-17-16(19(2)10-14-5-9-22-13-14)18-6-3-7-20-11-15-4-8-21-12-15;/h5,9,13,15H,3-4,6-8,10-12H2,1-2H3,(H,17,18);1H. The normalized spacial score (nSPS) is 17.8. The second-order valence-electron chi connectivity index (χ2n) is 5.62. The average Bonchev–Trinajstić information content (AvgIpc) is 3.20. The Bertz CT molecular complexity index is 437. The van der Waals surface area contributed by atoms with Crippen LogP contribution in [0.2, 0.25) is 0 Å². The van der Waals surface area contributed by atoms with E-state index in [1.807, 2.05) is 7.05 Å². The Hall–Kier alpha value is -0.380. The van der Waals surface area contributed by atoms with Gasteiger partial charge in [0.05, 0.1) is 13.2 Å². The highest BCUT2D eigenvalue weighted by molar-refractivity contribution is 14.0. The predicted molar refractivity (Wildman–Crippen MR) is 107 cm³/mol. The molecule has 1 aromatic rings. The first kappa shape index (κ1) is 20.7. The van der Waals surface area contributed by atoms with Crippen LogP contribution in [0, 0.1) is 5.92 Å². The molecule has 7 heteroatoms. The Morgan fingerprint density at radius 1 is 1.57 bits per heavy atom. The summed E-state index contributed by atoms with van der Waals surface area (Å²) in [6, 6.07) is 2.15. The lowest BCUT2D eigenvalue weighted by atomic mass is 10.1. The van der Waals surface area contributed by atoms with E-state index in [9.17, 15) is 0 Å². The van der Waals surface area contributed by atoms with Crippen molar-refractivity contribution in [2.24, 2.45) is 10.9 Å². The van der Waals surface area contributed by atoms with Crippen molar-refractivity contribution >= 4 is 41.3 Å². The number of thiophene rings is 1. The maximum Gasteiger partial charge on any atom is 0.193 e. The van der Waals surface area contributed by atoms with E-state index in [4.69, 9.17) is 9.47 Å². The minimum atomic E-state index is 0. The summed E-state index contributed by atoms with van der Waals surface area (Å²) in [5, 5.41) is 7.66. The van der Waals surface area contributed by atoms with Crippen LogP contribution in [0.1, 0.15) is 18.4 Å². The van der Waals surface area contributed by atoms with Crippen LogP contribution in [-0.2, 0) is 16.0 Å². The van der Waals surface area contributed by atoms with E-state index in [2.05, 4.69) is 39.1 Å². The van der Waals surface area contributed by atoms with Crippen LogP contribution in [0.15, 0.2) is 21.8 Å². The molecule has 1 aliphatic rings. The fraction of sp³-hybridized carbons (Fsp3) is 0.688. The Morgan fingerprint density at radius 3 is 3.09 bits per heavy atom. The lowest BCUT2D eigenvalue weighted by Gasteiger charge is -2.21. The van der Waals surface area contributed by atoms with Gasteiger partial charge < -0.3 is 19.7 Å². The number of guanidine groups is 1. The number of aliphatic imine (C=N–C) groups is 1. The summed E-state index contributed by atoms with van der Waals surface area (Å²) in [7, 11) is 3.88. The highest BCUT2D eigenvalue weighted by Gasteiger charge is 2.15. The molecular weight excluding hydrogens is 425 g/mol. The molecule has 0 aromatic carbocycles. The summed E-state index contributed by atoms with van der Waals surface area (Å²) in [6.45, 7) is 5.12. The third-order valence-electron chi connectivity index (χ3n) is 3.70. The van der Waals surface area contributed by atoms with Gasteiger partial charge in [-0.05, 0) is 35.2 Å². The zero-order valence-electron chi connectivity index (χ0n) is 14.0. The van der Waals surface area contributed by atoms with Crippen molar-refractivity contribution in [2.75, 3.05) is 47.1 Å². The Kier molecular flexibility index (Phi) is 10.8. The van der Waals surface area contributed by atoms with E-state index in [-0.39, 0.29) is 24.0 Å². The summed E-state index contributed by atoms with van der Waals surface area (Å²) in [5.74, 6) is 1.52. The van der Waals surface area contributed by atoms with E-state index >= 15 is 0 Å². The smallest absolute Gasteiger partial charge is 0.193 e. The summed E-state index contributed by atoms with van der Waals surface area (Å²) in [5.41, 5.74) is 1.32. The molecule has 0 radical (unpaired) electrons. The average molecular weight is 453 g/mol. The van der Waals surface area contributed by atoms with Gasteiger partial charge in [0, 0.05) is 46.3 Å². The lowest BCUT2D eigenvalue weighted by molar-refractivity contribution is 0.0887. The molecule has 5 nitrogen and oxygen atoms in total. The van der Waals surface area contributed by atoms with Crippen molar-refractivity contribution < 1.29 is 9.47 Å². The predicted octanol–water partition coefficient (Wildman–Crippen LogP) is 2.82. The van der Waals surface area contributed by atoms with Crippen molar-refractivity contribution in [3.8, 4) is 0 Å². The van der Waals surface area contributed by atoms with E-state index < -0.39 is 0 Å². The molecule has 1 saturated heterocycles. The minimum Gasteiger partial charge on any atom is -0.381 e. The first-order valence-electron chi connectivity index (χ1n) is 7.88. The Labute approximate surface area is 160 Å². The van der Waals surface area contributed by atoms with Crippen LogP contribution in [-0.4, -0.2) is 57.9 Å². The van der Waals surface area contributed by atoms with E-state index in [1.54, 1.807) is 11.3 Å². The van der Waals surface area contributed by atoms with Crippen LogP contribution in [0.4, 0.5) is 0 Å². The fourth-order valence-electron chi connectivity index (χ4n) is 2.46. The Morgan fingerprint density at radius 2 is 2.43 bits per heavy atom. The molecule has 0 aliphatic carbocycles. The van der Waals surface area contributed by atoms with E-state index in [0.717, 1.165) is 58.3 Å². The van der Waals surface area contributed by atoms with Gasteiger partial charge in [-0.15, -0.1) is 24.0 Å². The van der Waals surface area contributed by atoms with Crippen LogP contribution in [0.3, 0.4) is 0 Å². The van der Waals surface area contributed by atoms with E-state index in [0.29, 0.717) is 5.92 Å². The highest BCUT2D eigenvalue weighted by Crippen LogP contribution is 2.12. The first-order chi connectivity index (χ1) is 10.8. The summed E-state index contributed by atoms with van der Waals surface area (Å²) >= 11 is 1.73. The molecule has 23 heavy (non-hydrogen) atoms. The van der Waals surface area contributed by atoms with Gasteiger partial charge >= 0.3 is 0 Å². The van der Waals surface area contributed by atoms with Crippen LogP contribution < -0.4 is 5.32 Å². The molecule has 1 atom stereocenters. The van der Waals surface area contributed by atoms with Crippen molar-refractivity contribution in [1.82, 2.24) is 10.2 Å². The van der Waals surface area contributed by atoms with Gasteiger partial charge in [0.2, 0.25) is 0 Å². The molecule has 0 amide bonds. The minimum absolute atomic E-state index is 0. The lowest BCUT2D eigenvalue weighted by Crippen LogP contribution is -2.39. The molecule has 1 unspecified atom stereocenters. The third kappa shape index (κ3) is 7.82. The number of hydrogen-bond donors (Lipinski definition) is 1. The summed E-state index contributed by atoms with van der Waals surface area (Å²) in [6.07, 6.45) is 2.12. The maximum absolute atomic E-state index is 5.71. The summed E-state index contributed by atoms with van der Waals surface area (Å²) < 4.78 is 11.0. The van der Waals surface area contributed by atoms with Crippen LogP contribution in [0.25, 0.3) is 0 Å². The van der Waals surface area contributed by atoms with Crippen molar-refractivity contribution in [1.29, 1.82) is 0 Å². The van der Waals surface area contributed by atoms with E-state index in [1.165, 1.54) is 5.56 Å². The zero-order valence-corrected chi connectivity index (χ0v) is 17.1. The van der Waals surface area contributed by atoms with Crippen LogP contribution >= 0.6 is 35.3 Å². The van der Waals surface area contributed by atoms with Crippen molar-refractivity contribution in [3.63, 3.8) is 0 Å². The van der Waals surface area contributed by atoms with Gasteiger partial charge in [0.15, 0.2) is 5.96 Å². The molecule has 1 fully saturated rings. The van der Waals surface area contributed by atoms with Crippen molar-refractivity contribution in [2.45, 2.75) is 19.4 Å². The van der Waals surface area contributed by atoms with Gasteiger partial charge in [-0.25, -0.2) is 0 Å². The largest absolute Gasteiger partial charge is 0.381 e. The molecule has 0 bridgehead atoms. The molecule has 0 spiro atoms. The molecule has 1 aliphatic heterocycles. The highest BCUT2D eigenvalue weighted by atomic mass is 127. The van der Waals surface area contributed by atoms with Gasteiger partial charge in [0.25, 0.3) is 0 Å². The molecule has 2 heterocycles. The first-order valence-corrected chi connectivity index (χ1v) is 8.82. The maximum atomic E-state index is 5.71. The number of rotatable bonds is 8. The van der Waals surface area contributed by atoms with Crippen LogP contribution in [0.5, 0.6) is 0 Å². The SMILES string of the molecule is CN=C(NCCCOCC1CCOC1)N(C)Cc1ccsc1.I. The van der Waals surface area contributed by atoms with Gasteiger partial charge in [0.1, 0.15) is 0 Å². The molecular formula is C16H28IN3O2S. The second-order valence-corrected chi connectivity index (χ2v) is 6.40. The second kappa shape index (κ2) is 12.0. The van der Waals surface area contributed by atoms with Crippen molar-refractivity contribution in [3.05, 3.63) is 22.4 Å². The molecule has 1 aromatic heterocycles. The number of hydrogen-bond acceptors (Lipinski definition) is 4. The number of ether oxygens (including phenoxy) is 2. The monoisotopic (exact) mass is 453 g/mol. The topological polar surface area (TPSA) is 46.1 Å². The van der Waals surface area contributed by atoms with Gasteiger partial charge in [-0.1, -0.05) is 0 Å². The van der Waals surface area contributed by atoms with Gasteiger partial charge in [-0.2, -0.15) is 11.3 Å². The summed E-state index contributed by atoms with van der Waals surface area (Å²) in [4.78, 5) is 6.46. The number of nitrogens with one attached hydrogen (secondary N) is 1. The number of nitrogens with zero attached hydrogens (tertiary/aromatic N) is 2. The molecule has 132 valence electrons. The molecule has 2 rings (SSSR count). The Balaban J connectivity index is 0.00000264. The third-order valence-corrected chi connectivity index (χ3v) is 4.43. The molecule has 1 N–H and O–H groups in total. The molecule has 0 saturated carbocycles. The quantitative estimate of drug-likeness (QED) is 0.285. The fourth-order valence-corrected chi connectivity index (χ4v) is 3.12. The zero-order chi connectivity index (χ0) is 15.6. The number of halogens is 1. The van der Waals surface area contributed by atoms with Gasteiger partial charge in [-0.3, -0.25) is 4.99 Å².